The fourth-order valence-corrected chi connectivity index (χ4v) is 6.78. The molecular weight excluding hydrogens is 747 g/mol. The molecule has 13 heteroatoms. The van der Waals surface area contributed by atoms with E-state index >= 15 is 0 Å². The van der Waals surface area contributed by atoms with Gasteiger partial charge in [-0.05, 0) is 64.2 Å². The van der Waals surface area contributed by atoms with E-state index in [1.165, 1.54) is 83.5 Å². The van der Waals surface area contributed by atoms with Crippen molar-refractivity contribution in [3.8, 4) is 0 Å². The van der Waals surface area contributed by atoms with Gasteiger partial charge >= 0.3 is 25.9 Å². The molecular formula is C44H83N2O10P. The third-order valence-electron chi connectivity index (χ3n) is 9.41. The minimum atomic E-state index is -4.57. The topological polar surface area (TPSA) is 173 Å². The first kappa shape index (κ1) is 54.8. The second-order valence-electron chi connectivity index (χ2n) is 14.9. The normalized spacial score (nSPS) is 13.2. The Kier molecular flexibility index (Phi) is 40.3. The van der Waals surface area contributed by atoms with Crippen LogP contribution in [0.4, 0.5) is 4.79 Å². The molecule has 0 spiro atoms. The third kappa shape index (κ3) is 41.7. The van der Waals surface area contributed by atoms with Gasteiger partial charge in [0.1, 0.15) is 13.2 Å². The highest BCUT2D eigenvalue weighted by Gasteiger charge is 2.26. The molecule has 0 aliphatic carbocycles. The van der Waals surface area contributed by atoms with Crippen molar-refractivity contribution in [2.45, 2.75) is 200 Å². The molecule has 0 aliphatic heterocycles. The first-order valence-electron chi connectivity index (χ1n) is 22.6. The molecule has 57 heavy (non-hydrogen) atoms. The van der Waals surface area contributed by atoms with Gasteiger partial charge in [0.05, 0.1) is 13.2 Å². The lowest BCUT2D eigenvalue weighted by Gasteiger charge is -2.20. The number of rotatable bonds is 42. The summed E-state index contributed by atoms with van der Waals surface area (Å²) in [5.41, 5.74) is 5.28. The molecule has 0 aromatic heterocycles. The van der Waals surface area contributed by atoms with Gasteiger partial charge in [-0.15, -0.1) is 0 Å². The Morgan fingerprint density at radius 2 is 1.02 bits per heavy atom. The van der Waals surface area contributed by atoms with Crippen molar-refractivity contribution in [2.75, 3.05) is 39.5 Å². The Morgan fingerprint density at radius 1 is 0.579 bits per heavy atom. The van der Waals surface area contributed by atoms with Crippen molar-refractivity contribution in [3.63, 3.8) is 0 Å². The predicted octanol–water partition coefficient (Wildman–Crippen LogP) is 11.3. The third-order valence-corrected chi connectivity index (χ3v) is 10.4. The number of nitrogens with two attached hydrogens (primary N) is 1. The van der Waals surface area contributed by atoms with Crippen LogP contribution in [-0.4, -0.2) is 68.5 Å². The van der Waals surface area contributed by atoms with Gasteiger partial charge in [0.15, 0.2) is 6.10 Å². The number of allylic oxidation sites excluding steroid dienone is 4. The Bertz CT molecular complexity index is 1060. The average molecular weight is 831 g/mol. The van der Waals surface area contributed by atoms with Crippen molar-refractivity contribution in [2.24, 2.45) is 5.73 Å². The van der Waals surface area contributed by atoms with Crippen LogP contribution in [0.2, 0.25) is 0 Å². The highest BCUT2D eigenvalue weighted by atomic mass is 31.2. The van der Waals surface area contributed by atoms with Gasteiger partial charge in [0, 0.05) is 25.9 Å². The summed E-state index contributed by atoms with van der Waals surface area (Å²) >= 11 is 0. The number of alkyl carbamates (subject to hydrolysis) is 1. The van der Waals surface area contributed by atoms with Gasteiger partial charge < -0.3 is 30.2 Å². The molecule has 0 heterocycles. The molecule has 4 N–H and O–H groups in total. The van der Waals surface area contributed by atoms with Gasteiger partial charge in [-0.3, -0.25) is 18.6 Å². The maximum Gasteiger partial charge on any atom is 0.472 e. The van der Waals surface area contributed by atoms with E-state index in [0.29, 0.717) is 12.8 Å². The van der Waals surface area contributed by atoms with E-state index in [1.54, 1.807) is 0 Å². The van der Waals surface area contributed by atoms with Crippen LogP contribution in [0.1, 0.15) is 194 Å². The molecule has 0 aromatic rings. The van der Waals surface area contributed by atoms with Gasteiger partial charge in [-0.1, -0.05) is 141 Å². The Morgan fingerprint density at radius 3 is 1.49 bits per heavy atom. The zero-order chi connectivity index (χ0) is 41.9. The van der Waals surface area contributed by atoms with Crippen LogP contribution in [0.5, 0.6) is 0 Å². The number of carbonyl (C=O) groups excluding carboxylic acids is 3. The number of unbranched alkanes of at least 4 members (excludes halogenated alkanes) is 22. The van der Waals surface area contributed by atoms with Crippen LogP contribution in [0.3, 0.4) is 0 Å². The summed E-state index contributed by atoms with van der Waals surface area (Å²) in [4.78, 5) is 46.8. The first-order valence-corrected chi connectivity index (χ1v) is 24.1. The number of hydrogen-bond acceptors (Lipinski definition) is 10. The zero-order valence-electron chi connectivity index (χ0n) is 36.1. The monoisotopic (exact) mass is 831 g/mol. The molecule has 334 valence electrons. The number of phosphoric acid groups is 1. The average Bonchev–Trinajstić information content (AvgIpc) is 3.19. The summed E-state index contributed by atoms with van der Waals surface area (Å²) in [6.07, 6.45) is 37.7. The molecule has 0 aliphatic rings. The maximum atomic E-state index is 12.7. The molecule has 1 unspecified atom stereocenters. The summed E-state index contributed by atoms with van der Waals surface area (Å²) in [6, 6.07) is 0. The minimum absolute atomic E-state index is 0.0354. The molecule has 0 saturated carbocycles. The van der Waals surface area contributed by atoms with Crippen LogP contribution < -0.4 is 11.1 Å². The summed E-state index contributed by atoms with van der Waals surface area (Å²) in [5.74, 6) is -0.926. The standard InChI is InChI=1S/C44H83N2O10P/c1-3-5-7-9-11-13-15-17-19-21-23-25-27-29-31-33-42(47)53-39-41(40-55-57(50,51)54-38-36-46-44(49)52-37-35-45)56-43(48)34-32-30-28-26-24-22-20-18-16-14-12-10-8-6-4-2/h17-20,41H,3-16,21-40,45H2,1-2H3,(H,46,49)(H,50,51)/b19-17-,20-18-/t41-/m1/s1. The van der Waals surface area contributed by atoms with E-state index < -0.39 is 38.6 Å². The van der Waals surface area contributed by atoms with E-state index in [0.717, 1.165) is 70.6 Å². The van der Waals surface area contributed by atoms with E-state index in [2.05, 4.69) is 43.5 Å². The number of ether oxygens (including phenoxy) is 3. The number of hydrogen-bond donors (Lipinski definition) is 3. The van der Waals surface area contributed by atoms with Crippen molar-refractivity contribution >= 4 is 25.9 Å². The molecule has 2 atom stereocenters. The lowest BCUT2D eigenvalue weighted by atomic mass is 10.1. The van der Waals surface area contributed by atoms with E-state index in [9.17, 15) is 23.8 Å². The molecule has 0 aromatic carbocycles. The van der Waals surface area contributed by atoms with Gasteiger partial charge in [-0.2, -0.15) is 0 Å². The molecule has 0 saturated heterocycles. The van der Waals surface area contributed by atoms with Crippen LogP contribution in [0.15, 0.2) is 24.3 Å². The van der Waals surface area contributed by atoms with Gasteiger partial charge in [0.25, 0.3) is 0 Å². The van der Waals surface area contributed by atoms with Crippen LogP contribution >= 0.6 is 7.82 Å². The summed E-state index contributed by atoms with van der Waals surface area (Å²) in [6.45, 7) is 3.41. The van der Waals surface area contributed by atoms with Crippen molar-refractivity contribution in [3.05, 3.63) is 24.3 Å². The lowest BCUT2D eigenvalue weighted by Crippen LogP contribution is -2.30. The fourth-order valence-electron chi connectivity index (χ4n) is 6.03. The number of nitrogens with one attached hydrogen (secondary N) is 1. The predicted molar refractivity (Wildman–Crippen MR) is 230 cm³/mol. The Labute approximate surface area is 346 Å². The van der Waals surface area contributed by atoms with Gasteiger partial charge in [-0.25, -0.2) is 9.36 Å². The largest absolute Gasteiger partial charge is 0.472 e. The van der Waals surface area contributed by atoms with Crippen molar-refractivity contribution in [1.29, 1.82) is 0 Å². The summed E-state index contributed by atoms with van der Waals surface area (Å²) in [5, 5.41) is 2.35. The molecule has 0 bridgehead atoms. The number of esters is 2. The van der Waals surface area contributed by atoms with E-state index in [-0.39, 0.29) is 45.8 Å². The Balaban J connectivity index is 4.48. The second kappa shape index (κ2) is 41.9. The summed E-state index contributed by atoms with van der Waals surface area (Å²) < 4.78 is 38.1. The van der Waals surface area contributed by atoms with Crippen LogP contribution in [0.25, 0.3) is 0 Å². The Hall–Kier alpha value is -2.24. The van der Waals surface area contributed by atoms with Crippen LogP contribution in [-0.2, 0) is 37.4 Å². The SMILES string of the molecule is CCCCCCCC/C=C\CCCCCCCC(=O)OC[C@H](COP(=O)(O)OCCNC(=O)OCCN)OC(=O)CCCCCCC/C=C\CCCCCCCC. The highest BCUT2D eigenvalue weighted by Crippen LogP contribution is 2.43. The highest BCUT2D eigenvalue weighted by molar-refractivity contribution is 7.47. The van der Waals surface area contributed by atoms with E-state index in [1.807, 2.05) is 0 Å². The number of amides is 1. The molecule has 0 rings (SSSR count). The molecule has 12 nitrogen and oxygen atoms in total. The molecule has 0 radical (unpaired) electrons. The van der Waals surface area contributed by atoms with Crippen molar-refractivity contribution < 1.29 is 47.1 Å². The van der Waals surface area contributed by atoms with E-state index in [4.69, 9.17) is 29.0 Å². The number of phosphoric ester groups is 1. The maximum absolute atomic E-state index is 12.7. The van der Waals surface area contributed by atoms with Crippen molar-refractivity contribution in [1.82, 2.24) is 5.32 Å². The minimum Gasteiger partial charge on any atom is -0.462 e. The molecule has 1 amide bonds. The number of carbonyl (C=O) groups is 3. The van der Waals surface area contributed by atoms with Crippen LogP contribution in [0, 0.1) is 0 Å². The smallest absolute Gasteiger partial charge is 0.462 e. The fraction of sp³-hybridized carbons (Fsp3) is 0.841. The quantitative estimate of drug-likeness (QED) is 0.0176. The first-order chi connectivity index (χ1) is 27.7. The lowest BCUT2D eigenvalue weighted by molar-refractivity contribution is -0.161. The molecule has 0 fully saturated rings. The zero-order valence-corrected chi connectivity index (χ0v) is 37.0. The summed E-state index contributed by atoms with van der Waals surface area (Å²) in [7, 11) is -4.57. The van der Waals surface area contributed by atoms with Gasteiger partial charge in [0.2, 0.25) is 0 Å². The second-order valence-corrected chi connectivity index (χ2v) is 16.4.